The summed E-state index contributed by atoms with van der Waals surface area (Å²) in [5.74, 6) is -0.205. The van der Waals surface area contributed by atoms with Gasteiger partial charge in [-0.25, -0.2) is 4.52 Å². The van der Waals surface area contributed by atoms with Crippen molar-refractivity contribution in [3.63, 3.8) is 0 Å². The maximum atomic E-state index is 13.1. The number of aromatic nitrogens is 5. The predicted molar refractivity (Wildman–Crippen MR) is 114 cm³/mol. The first kappa shape index (κ1) is 19.8. The molecule has 2 amide bonds. The second kappa shape index (κ2) is 7.84. The Morgan fingerprint density at radius 2 is 2.13 bits per heavy atom. The smallest absolute Gasteiger partial charge is 0.272 e. The molecule has 3 aromatic heterocycles. The molecule has 3 aromatic rings. The van der Waals surface area contributed by atoms with E-state index in [-0.39, 0.29) is 11.8 Å². The molecule has 1 atom stereocenters. The number of carbonyl (C=O) groups excluding carboxylic acids is 2. The summed E-state index contributed by atoms with van der Waals surface area (Å²) >= 11 is 0. The van der Waals surface area contributed by atoms with Gasteiger partial charge in [-0.15, -0.1) is 0 Å². The van der Waals surface area contributed by atoms with Crippen molar-refractivity contribution in [1.82, 2.24) is 39.5 Å². The zero-order valence-electron chi connectivity index (χ0n) is 18.0. The van der Waals surface area contributed by atoms with Gasteiger partial charge in [-0.2, -0.15) is 10.2 Å². The van der Waals surface area contributed by atoms with Crippen LogP contribution in [-0.4, -0.2) is 78.7 Å². The number of fused-ring (bicyclic) bond motifs is 2. The van der Waals surface area contributed by atoms with Crippen molar-refractivity contribution in [2.75, 3.05) is 26.7 Å². The molecule has 2 aliphatic heterocycles. The van der Waals surface area contributed by atoms with Gasteiger partial charge in [0, 0.05) is 44.1 Å². The van der Waals surface area contributed by atoms with Gasteiger partial charge in [0.05, 0.1) is 18.4 Å². The lowest BCUT2D eigenvalue weighted by Crippen LogP contribution is -2.37. The minimum absolute atomic E-state index is 0.0660. The van der Waals surface area contributed by atoms with Crippen LogP contribution < -0.4 is 5.32 Å². The number of H-pyrrole nitrogens is 1. The van der Waals surface area contributed by atoms with Gasteiger partial charge in [0.25, 0.3) is 11.8 Å². The summed E-state index contributed by atoms with van der Waals surface area (Å²) in [5.41, 5.74) is 3.55. The summed E-state index contributed by atoms with van der Waals surface area (Å²) in [5, 5.41) is 14.5. The number of aryl methyl sites for hydroxylation is 1. The number of nitrogens with one attached hydrogen (secondary N) is 2. The Morgan fingerprint density at radius 1 is 1.26 bits per heavy atom. The van der Waals surface area contributed by atoms with E-state index in [0.717, 1.165) is 29.9 Å². The SMILES string of the molecule is CN1CCCC1CCNC(=O)c1n[nH]c2c1CCN(C(=O)c1cnn3ccn(C)c13)C2. The van der Waals surface area contributed by atoms with E-state index in [0.29, 0.717) is 43.4 Å². The molecule has 10 heteroatoms. The summed E-state index contributed by atoms with van der Waals surface area (Å²) < 4.78 is 3.59. The number of aromatic amines is 1. The lowest BCUT2D eigenvalue weighted by atomic mass is 10.0. The van der Waals surface area contributed by atoms with E-state index >= 15 is 0 Å². The lowest BCUT2D eigenvalue weighted by molar-refractivity contribution is 0.0734. The van der Waals surface area contributed by atoms with Crippen LogP contribution in [0.5, 0.6) is 0 Å². The fourth-order valence-corrected chi connectivity index (χ4v) is 4.83. The first-order chi connectivity index (χ1) is 15.0. The standard InChI is InChI=1S/C21H28N8O2/c1-26-8-3-4-14(26)5-7-22-19(30)18-15-6-9-28(13-17(15)24-25-18)21(31)16-12-23-29-11-10-27(2)20(16)29/h10-12,14H,3-9,13H2,1-2H3,(H,22,30)(H,24,25). The number of hydrogen-bond donors (Lipinski definition) is 2. The van der Waals surface area contributed by atoms with Crippen LogP contribution in [0, 0.1) is 0 Å². The number of amides is 2. The molecule has 2 aliphatic rings. The number of carbonyl (C=O) groups is 2. The first-order valence-electron chi connectivity index (χ1n) is 10.9. The van der Waals surface area contributed by atoms with Crippen LogP contribution in [0.25, 0.3) is 5.65 Å². The average Bonchev–Trinajstić information content (AvgIpc) is 3.53. The van der Waals surface area contributed by atoms with Crippen LogP contribution in [0.15, 0.2) is 18.6 Å². The van der Waals surface area contributed by atoms with Gasteiger partial charge in [-0.1, -0.05) is 0 Å². The minimum atomic E-state index is -0.139. The van der Waals surface area contributed by atoms with E-state index in [1.807, 2.05) is 24.0 Å². The third-order valence-corrected chi connectivity index (χ3v) is 6.64. The Kier molecular flexibility index (Phi) is 5.01. The Hall–Kier alpha value is -3.14. The summed E-state index contributed by atoms with van der Waals surface area (Å²) in [4.78, 5) is 29.9. The summed E-state index contributed by atoms with van der Waals surface area (Å²) in [6, 6.07) is 0.549. The third kappa shape index (κ3) is 3.50. The molecule has 1 fully saturated rings. The van der Waals surface area contributed by atoms with Crippen molar-refractivity contribution in [3.8, 4) is 0 Å². The Balaban J connectivity index is 1.24. The normalized spacial score (nSPS) is 19.2. The molecule has 5 rings (SSSR count). The first-order valence-corrected chi connectivity index (χ1v) is 10.9. The second-order valence-electron chi connectivity index (χ2n) is 8.56. The molecular formula is C21H28N8O2. The van der Waals surface area contributed by atoms with Gasteiger partial charge in [0.1, 0.15) is 11.2 Å². The van der Waals surface area contributed by atoms with Crippen LogP contribution in [0.4, 0.5) is 0 Å². The van der Waals surface area contributed by atoms with E-state index in [9.17, 15) is 9.59 Å². The predicted octanol–water partition coefficient (Wildman–Crippen LogP) is 0.809. The van der Waals surface area contributed by atoms with Gasteiger partial charge >= 0.3 is 0 Å². The van der Waals surface area contributed by atoms with Crippen molar-refractivity contribution < 1.29 is 9.59 Å². The number of imidazole rings is 1. The highest BCUT2D eigenvalue weighted by Crippen LogP contribution is 2.23. The van der Waals surface area contributed by atoms with Crippen LogP contribution in [0.1, 0.15) is 51.4 Å². The summed E-state index contributed by atoms with van der Waals surface area (Å²) in [7, 11) is 4.04. The molecule has 0 bridgehead atoms. The molecule has 1 unspecified atom stereocenters. The maximum absolute atomic E-state index is 13.1. The molecule has 0 saturated carbocycles. The number of hydrogen-bond acceptors (Lipinski definition) is 5. The number of rotatable bonds is 5. The highest BCUT2D eigenvalue weighted by Gasteiger charge is 2.30. The van der Waals surface area contributed by atoms with E-state index in [1.165, 1.54) is 12.8 Å². The van der Waals surface area contributed by atoms with Gasteiger partial charge in [-0.05, 0) is 39.3 Å². The average molecular weight is 425 g/mol. The molecule has 0 aliphatic carbocycles. The van der Waals surface area contributed by atoms with Crippen LogP contribution in [-0.2, 0) is 20.0 Å². The second-order valence-corrected chi connectivity index (χ2v) is 8.56. The van der Waals surface area contributed by atoms with Crippen LogP contribution in [0.3, 0.4) is 0 Å². The molecule has 5 heterocycles. The largest absolute Gasteiger partial charge is 0.351 e. The lowest BCUT2D eigenvalue weighted by Gasteiger charge is -2.26. The summed E-state index contributed by atoms with van der Waals surface area (Å²) in [6.07, 6.45) is 9.29. The van der Waals surface area contributed by atoms with Crippen molar-refractivity contribution in [3.05, 3.63) is 41.1 Å². The van der Waals surface area contributed by atoms with Gasteiger partial charge in [0.15, 0.2) is 5.69 Å². The molecule has 2 N–H and O–H groups in total. The quantitative estimate of drug-likeness (QED) is 0.631. The van der Waals surface area contributed by atoms with Crippen LogP contribution in [0.2, 0.25) is 0 Å². The molecule has 31 heavy (non-hydrogen) atoms. The minimum Gasteiger partial charge on any atom is -0.351 e. The van der Waals surface area contributed by atoms with Crippen molar-refractivity contribution in [1.29, 1.82) is 0 Å². The number of likely N-dealkylation sites (tertiary alicyclic amines) is 1. The van der Waals surface area contributed by atoms with Crippen LogP contribution >= 0.6 is 0 Å². The Labute approximate surface area is 180 Å². The molecule has 0 aromatic carbocycles. The molecule has 1 saturated heterocycles. The van der Waals surface area contributed by atoms with Crippen molar-refractivity contribution in [2.24, 2.45) is 7.05 Å². The fraction of sp³-hybridized carbons (Fsp3) is 0.524. The molecule has 0 radical (unpaired) electrons. The zero-order chi connectivity index (χ0) is 21.5. The maximum Gasteiger partial charge on any atom is 0.272 e. The topological polar surface area (TPSA) is 104 Å². The van der Waals surface area contributed by atoms with E-state index in [2.05, 4.69) is 32.6 Å². The molecule has 164 valence electrons. The van der Waals surface area contributed by atoms with Gasteiger partial charge in [0.2, 0.25) is 0 Å². The Bertz CT molecular complexity index is 1130. The van der Waals surface area contributed by atoms with E-state index < -0.39 is 0 Å². The van der Waals surface area contributed by atoms with Gasteiger partial charge in [-0.3, -0.25) is 14.7 Å². The van der Waals surface area contributed by atoms with E-state index in [4.69, 9.17) is 0 Å². The fourth-order valence-electron chi connectivity index (χ4n) is 4.83. The zero-order valence-corrected chi connectivity index (χ0v) is 18.0. The van der Waals surface area contributed by atoms with Crippen molar-refractivity contribution >= 4 is 17.5 Å². The highest BCUT2D eigenvalue weighted by atomic mass is 16.2. The monoisotopic (exact) mass is 424 g/mol. The highest BCUT2D eigenvalue weighted by molar-refractivity contribution is 6.00. The molecular weight excluding hydrogens is 396 g/mol. The van der Waals surface area contributed by atoms with Crippen molar-refractivity contribution in [2.45, 2.75) is 38.3 Å². The number of nitrogens with zero attached hydrogens (tertiary/aromatic N) is 6. The van der Waals surface area contributed by atoms with Gasteiger partial charge < -0.3 is 19.7 Å². The van der Waals surface area contributed by atoms with E-state index in [1.54, 1.807) is 15.6 Å². The summed E-state index contributed by atoms with van der Waals surface area (Å²) in [6.45, 7) is 2.73. The Morgan fingerprint density at radius 3 is 2.94 bits per heavy atom. The molecule has 10 nitrogen and oxygen atoms in total. The third-order valence-electron chi connectivity index (χ3n) is 6.64. The molecule has 0 spiro atoms.